The van der Waals surface area contributed by atoms with Crippen LogP contribution in [0.3, 0.4) is 0 Å². The van der Waals surface area contributed by atoms with Gasteiger partial charge >= 0.3 is 0 Å². The molecule has 0 saturated carbocycles. The highest BCUT2D eigenvalue weighted by Crippen LogP contribution is 2.41. The minimum atomic E-state index is 1.11. The third kappa shape index (κ3) is 1.30. The lowest BCUT2D eigenvalue weighted by molar-refractivity contribution is 1.72. The maximum atomic E-state index is 4.28. The van der Waals surface area contributed by atoms with E-state index in [2.05, 4.69) is 73.7 Å². The first-order valence-electron chi connectivity index (χ1n) is 7.25. The smallest absolute Gasteiger partial charge is 0.00236 e. The van der Waals surface area contributed by atoms with Crippen LogP contribution in [0.5, 0.6) is 0 Å². The van der Waals surface area contributed by atoms with Gasteiger partial charge in [0.25, 0.3) is 0 Å². The molecule has 0 unspecified atom stereocenters. The molecule has 0 amide bonds. The fourth-order valence-corrected chi connectivity index (χ4v) is 3.73. The van der Waals surface area contributed by atoms with Crippen molar-refractivity contribution in [3.8, 4) is 0 Å². The van der Waals surface area contributed by atoms with Gasteiger partial charge in [0.2, 0.25) is 0 Å². The van der Waals surface area contributed by atoms with Crippen molar-refractivity contribution in [2.24, 2.45) is 0 Å². The first kappa shape index (κ1) is 11.1. The molecule has 0 nitrogen and oxygen atoms in total. The van der Waals surface area contributed by atoms with Crippen molar-refractivity contribution in [3.05, 3.63) is 79.2 Å². The maximum absolute atomic E-state index is 4.28. The van der Waals surface area contributed by atoms with Gasteiger partial charge in [0, 0.05) is 0 Å². The zero-order valence-electron chi connectivity index (χ0n) is 11.6. The summed E-state index contributed by atoms with van der Waals surface area (Å²) >= 11 is 0. The first-order chi connectivity index (χ1) is 10.3. The normalized spacial score (nSPS) is 12.0. The molecule has 0 heterocycles. The van der Waals surface area contributed by atoms with Crippen molar-refractivity contribution >= 4 is 43.1 Å². The minimum absolute atomic E-state index is 1.11. The number of hydrogen-bond acceptors (Lipinski definition) is 0. The van der Waals surface area contributed by atoms with Gasteiger partial charge < -0.3 is 0 Å². The molecule has 21 heavy (non-hydrogen) atoms. The summed E-state index contributed by atoms with van der Waals surface area (Å²) in [6.45, 7) is 4.28. The highest BCUT2D eigenvalue weighted by atomic mass is 14.2. The molecule has 5 rings (SSSR count). The summed E-state index contributed by atoms with van der Waals surface area (Å²) in [5.41, 5.74) is 1.11. The van der Waals surface area contributed by atoms with E-state index < -0.39 is 0 Å². The van der Waals surface area contributed by atoms with E-state index in [1.165, 1.54) is 43.1 Å². The van der Waals surface area contributed by atoms with Crippen LogP contribution in [0.2, 0.25) is 0 Å². The largest absolute Gasteiger partial charge is 0.0610 e. The van der Waals surface area contributed by atoms with E-state index in [-0.39, 0.29) is 0 Å². The van der Waals surface area contributed by atoms with E-state index in [1.54, 1.807) is 0 Å². The van der Waals surface area contributed by atoms with Crippen LogP contribution < -0.4 is 0 Å². The van der Waals surface area contributed by atoms with E-state index in [0.717, 1.165) is 5.56 Å². The molecular formula is C21H13. The Kier molecular flexibility index (Phi) is 1.97. The lowest BCUT2D eigenvalue weighted by Gasteiger charge is -2.15. The van der Waals surface area contributed by atoms with Crippen LogP contribution in [0.15, 0.2) is 66.7 Å². The van der Waals surface area contributed by atoms with Crippen molar-refractivity contribution in [3.63, 3.8) is 0 Å². The van der Waals surface area contributed by atoms with Crippen LogP contribution in [0.25, 0.3) is 43.1 Å². The monoisotopic (exact) mass is 265 g/mol. The van der Waals surface area contributed by atoms with Crippen LogP contribution >= 0.6 is 0 Å². The van der Waals surface area contributed by atoms with Gasteiger partial charge in [-0.15, -0.1) is 0 Å². The number of fused-ring (bicyclic) bond motifs is 2. The molecular weight excluding hydrogens is 252 g/mol. The lowest BCUT2D eigenvalue weighted by atomic mass is 9.88. The molecule has 5 aromatic rings. The molecule has 0 aliphatic carbocycles. The molecule has 0 spiro atoms. The van der Waals surface area contributed by atoms with Gasteiger partial charge in [-0.2, -0.15) is 0 Å². The van der Waals surface area contributed by atoms with Crippen LogP contribution in [-0.2, 0) is 0 Å². The van der Waals surface area contributed by atoms with Crippen LogP contribution in [0.4, 0.5) is 0 Å². The van der Waals surface area contributed by atoms with Crippen molar-refractivity contribution in [1.29, 1.82) is 0 Å². The number of hydrogen-bond donors (Lipinski definition) is 0. The molecule has 0 saturated heterocycles. The molecule has 0 aromatic heterocycles. The second-order valence-corrected chi connectivity index (χ2v) is 5.71. The standard InChI is InChI=1S/C21H13/c1-13-11-12-15-7-3-9-17-16-8-2-5-14-6-4-10-18(20(14)16)19(13)21(15)17/h2-12H,1H2. The van der Waals surface area contributed by atoms with Gasteiger partial charge in [0.1, 0.15) is 0 Å². The average Bonchev–Trinajstić information content (AvgIpc) is 2.53. The zero-order chi connectivity index (χ0) is 14.0. The fourth-order valence-electron chi connectivity index (χ4n) is 3.73. The fraction of sp³-hybridized carbons (Fsp3) is 0. The van der Waals surface area contributed by atoms with E-state index in [9.17, 15) is 0 Å². The Morgan fingerprint density at radius 2 is 1.05 bits per heavy atom. The van der Waals surface area contributed by atoms with Gasteiger partial charge in [0.05, 0.1) is 0 Å². The summed E-state index contributed by atoms with van der Waals surface area (Å²) < 4.78 is 0. The summed E-state index contributed by atoms with van der Waals surface area (Å²) in [5, 5.41) is 10.6. The van der Waals surface area contributed by atoms with E-state index in [1.807, 2.05) is 0 Å². The van der Waals surface area contributed by atoms with Crippen molar-refractivity contribution in [2.75, 3.05) is 0 Å². The van der Waals surface area contributed by atoms with Gasteiger partial charge in [-0.1, -0.05) is 66.7 Å². The lowest BCUT2D eigenvalue weighted by Crippen LogP contribution is -1.88. The quantitative estimate of drug-likeness (QED) is 0.241. The molecule has 0 N–H and O–H groups in total. The Bertz CT molecular complexity index is 1130. The minimum Gasteiger partial charge on any atom is -0.0610 e. The average molecular weight is 265 g/mol. The highest BCUT2D eigenvalue weighted by Gasteiger charge is 2.13. The van der Waals surface area contributed by atoms with Gasteiger partial charge in [-0.05, 0) is 55.6 Å². The molecule has 97 valence electrons. The Balaban J connectivity index is 2.32. The second kappa shape index (κ2) is 3.73. The van der Waals surface area contributed by atoms with E-state index >= 15 is 0 Å². The third-order valence-corrected chi connectivity index (χ3v) is 4.60. The van der Waals surface area contributed by atoms with Gasteiger partial charge in [0.15, 0.2) is 0 Å². The predicted octanol–water partition coefficient (Wildman–Crippen LogP) is 5.92. The van der Waals surface area contributed by atoms with Crippen molar-refractivity contribution in [2.45, 2.75) is 0 Å². The highest BCUT2D eigenvalue weighted by molar-refractivity contribution is 6.33. The summed E-state index contributed by atoms with van der Waals surface area (Å²) in [6, 6.07) is 24.0. The number of benzene rings is 5. The van der Waals surface area contributed by atoms with Crippen molar-refractivity contribution < 1.29 is 0 Å². The summed E-state index contributed by atoms with van der Waals surface area (Å²) in [6.07, 6.45) is 0. The summed E-state index contributed by atoms with van der Waals surface area (Å²) in [4.78, 5) is 0. The first-order valence-corrected chi connectivity index (χ1v) is 7.25. The molecule has 1 radical (unpaired) electrons. The molecule has 0 fully saturated rings. The molecule has 5 aromatic carbocycles. The molecule has 0 bridgehead atoms. The second-order valence-electron chi connectivity index (χ2n) is 5.71. The van der Waals surface area contributed by atoms with Gasteiger partial charge in [-0.3, -0.25) is 0 Å². The molecule has 0 aliphatic rings. The molecule has 0 atom stereocenters. The SMILES string of the molecule is [CH2]c1ccc2cccc3c4cccc5cccc(c1c23)c54. The summed E-state index contributed by atoms with van der Waals surface area (Å²) in [7, 11) is 0. The van der Waals surface area contributed by atoms with Crippen molar-refractivity contribution in [1.82, 2.24) is 0 Å². The topological polar surface area (TPSA) is 0 Å². The summed E-state index contributed by atoms with van der Waals surface area (Å²) in [5.74, 6) is 0. The number of rotatable bonds is 0. The predicted molar refractivity (Wildman–Crippen MR) is 92.1 cm³/mol. The molecule has 0 heteroatoms. The Hall–Kier alpha value is -2.60. The third-order valence-electron chi connectivity index (χ3n) is 4.60. The zero-order valence-corrected chi connectivity index (χ0v) is 11.6. The van der Waals surface area contributed by atoms with E-state index in [4.69, 9.17) is 0 Å². The van der Waals surface area contributed by atoms with E-state index in [0.29, 0.717) is 0 Å². The Labute approximate surface area is 123 Å². The maximum Gasteiger partial charge on any atom is -0.00236 e. The van der Waals surface area contributed by atoms with Gasteiger partial charge in [-0.25, -0.2) is 0 Å². The van der Waals surface area contributed by atoms with Crippen LogP contribution in [0.1, 0.15) is 5.56 Å². The Morgan fingerprint density at radius 3 is 1.76 bits per heavy atom. The van der Waals surface area contributed by atoms with Crippen LogP contribution in [-0.4, -0.2) is 0 Å². The van der Waals surface area contributed by atoms with Crippen LogP contribution in [0, 0.1) is 6.92 Å². The Morgan fingerprint density at radius 1 is 0.476 bits per heavy atom. The molecule has 0 aliphatic heterocycles.